The number of aromatic nitrogens is 3. The van der Waals surface area contributed by atoms with Crippen molar-refractivity contribution in [2.45, 2.75) is 6.92 Å². The zero-order valence-corrected chi connectivity index (χ0v) is 20.6. The van der Waals surface area contributed by atoms with Crippen molar-refractivity contribution in [1.82, 2.24) is 15.2 Å². The third-order valence-electron chi connectivity index (χ3n) is 5.49. The van der Waals surface area contributed by atoms with Crippen molar-refractivity contribution in [3.8, 4) is 45.7 Å². The Bertz CT molecular complexity index is 1530. The summed E-state index contributed by atoms with van der Waals surface area (Å²) in [6.45, 7) is 2.01. The van der Waals surface area contributed by atoms with Gasteiger partial charge in [-0.3, -0.25) is 10.1 Å². The van der Waals surface area contributed by atoms with Crippen LogP contribution in [0.5, 0.6) is 11.5 Å². The van der Waals surface area contributed by atoms with Gasteiger partial charge in [0.2, 0.25) is 11.8 Å². The van der Waals surface area contributed by atoms with E-state index in [1.54, 1.807) is 38.5 Å². The van der Waals surface area contributed by atoms with E-state index in [2.05, 4.69) is 20.5 Å². The lowest BCUT2D eigenvalue weighted by Gasteiger charge is -2.08. The average molecular weight is 499 g/mol. The zero-order valence-electron chi connectivity index (χ0n) is 19.8. The number of carbonyl (C=O) groups is 1. The van der Waals surface area contributed by atoms with Crippen LogP contribution in [0, 0.1) is 6.92 Å². The van der Waals surface area contributed by atoms with Crippen molar-refractivity contribution < 1.29 is 18.7 Å². The van der Waals surface area contributed by atoms with Gasteiger partial charge in [-0.25, -0.2) is 4.98 Å². The van der Waals surface area contributed by atoms with E-state index in [1.807, 2.05) is 54.8 Å². The van der Waals surface area contributed by atoms with Crippen LogP contribution in [0.1, 0.15) is 15.9 Å². The van der Waals surface area contributed by atoms with Crippen molar-refractivity contribution in [3.63, 3.8) is 0 Å². The molecule has 2 heterocycles. The molecule has 0 atom stereocenters. The minimum absolute atomic E-state index is 0.263. The summed E-state index contributed by atoms with van der Waals surface area (Å²) >= 11 is 1.34. The molecule has 0 saturated heterocycles. The Labute approximate surface area is 211 Å². The number of nitrogens with one attached hydrogen (secondary N) is 1. The molecule has 2 aromatic heterocycles. The summed E-state index contributed by atoms with van der Waals surface area (Å²) in [5.41, 5.74) is 4.77. The van der Waals surface area contributed by atoms with E-state index >= 15 is 0 Å². The highest BCUT2D eigenvalue weighted by Crippen LogP contribution is 2.33. The van der Waals surface area contributed by atoms with Gasteiger partial charge in [-0.2, -0.15) is 0 Å². The number of hydrogen-bond acceptors (Lipinski definition) is 8. The first kappa shape index (κ1) is 23.3. The minimum atomic E-state index is -0.263. The molecule has 9 heteroatoms. The first-order chi connectivity index (χ1) is 17.5. The molecular weight excluding hydrogens is 476 g/mol. The molecule has 0 aliphatic heterocycles. The number of anilines is 1. The Kier molecular flexibility index (Phi) is 6.46. The fourth-order valence-corrected chi connectivity index (χ4v) is 4.34. The van der Waals surface area contributed by atoms with Gasteiger partial charge in [0.15, 0.2) is 16.6 Å². The van der Waals surface area contributed by atoms with Crippen molar-refractivity contribution in [3.05, 3.63) is 83.2 Å². The molecule has 36 heavy (non-hydrogen) atoms. The van der Waals surface area contributed by atoms with E-state index in [4.69, 9.17) is 13.9 Å². The maximum absolute atomic E-state index is 12.8. The monoisotopic (exact) mass is 498 g/mol. The minimum Gasteiger partial charge on any atom is -0.493 e. The Morgan fingerprint density at radius 2 is 1.58 bits per heavy atom. The molecule has 0 aliphatic rings. The molecule has 180 valence electrons. The summed E-state index contributed by atoms with van der Waals surface area (Å²) in [5.74, 6) is 1.82. The molecule has 0 fully saturated rings. The van der Waals surface area contributed by atoms with Gasteiger partial charge >= 0.3 is 0 Å². The lowest BCUT2D eigenvalue weighted by molar-refractivity contribution is 0.102. The van der Waals surface area contributed by atoms with E-state index in [-0.39, 0.29) is 5.91 Å². The fraction of sp³-hybridized carbons (Fsp3) is 0.111. The number of amides is 1. The van der Waals surface area contributed by atoms with Crippen molar-refractivity contribution >= 4 is 22.4 Å². The number of rotatable bonds is 7. The lowest BCUT2D eigenvalue weighted by Crippen LogP contribution is -2.11. The third-order valence-corrected chi connectivity index (χ3v) is 6.25. The van der Waals surface area contributed by atoms with Gasteiger partial charge in [-0.1, -0.05) is 17.7 Å². The zero-order chi connectivity index (χ0) is 25.1. The lowest BCUT2D eigenvalue weighted by atomic mass is 10.1. The van der Waals surface area contributed by atoms with Crippen LogP contribution < -0.4 is 14.8 Å². The summed E-state index contributed by atoms with van der Waals surface area (Å²) < 4.78 is 16.5. The van der Waals surface area contributed by atoms with Crippen LogP contribution in [0.2, 0.25) is 0 Å². The van der Waals surface area contributed by atoms with Crippen molar-refractivity contribution in [2.24, 2.45) is 0 Å². The molecule has 1 amide bonds. The Morgan fingerprint density at radius 3 is 2.31 bits per heavy atom. The van der Waals surface area contributed by atoms with E-state index in [9.17, 15) is 4.79 Å². The van der Waals surface area contributed by atoms with Crippen LogP contribution in [0.25, 0.3) is 34.2 Å². The molecule has 5 aromatic rings. The van der Waals surface area contributed by atoms with Gasteiger partial charge in [0.05, 0.1) is 19.9 Å². The Balaban J connectivity index is 1.28. The van der Waals surface area contributed by atoms with Crippen LogP contribution in [-0.2, 0) is 0 Å². The number of thiazole rings is 1. The Morgan fingerprint density at radius 1 is 0.861 bits per heavy atom. The van der Waals surface area contributed by atoms with Gasteiger partial charge in [0.1, 0.15) is 0 Å². The molecule has 0 unspecified atom stereocenters. The molecule has 0 saturated carbocycles. The number of nitrogens with zero attached hydrogens (tertiary/aromatic N) is 3. The van der Waals surface area contributed by atoms with Crippen molar-refractivity contribution in [2.75, 3.05) is 19.5 Å². The van der Waals surface area contributed by atoms with Crippen LogP contribution in [0.3, 0.4) is 0 Å². The molecule has 0 bridgehead atoms. The first-order valence-electron chi connectivity index (χ1n) is 11.0. The second-order valence-electron chi connectivity index (χ2n) is 7.92. The molecule has 0 spiro atoms. The van der Waals surface area contributed by atoms with Gasteiger partial charge in [-0.15, -0.1) is 21.5 Å². The van der Waals surface area contributed by atoms with Crippen LogP contribution >= 0.6 is 11.3 Å². The topological polar surface area (TPSA) is 99.4 Å². The first-order valence-corrected chi connectivity index (χ1v) is 11.9. The second-order valence-corrected chi connectivity index (χ2v) is 8.78. The molecule has 3 aromatic carbocycles. The van der Waals surface area contributed by atoms with Crippen molar-refractivity contribution in [1.29, 1.82) is 0 Å². The summed E-state index contributed by atoms with van der Waals surface area (Å²) in [6, 6.07) is 20.4. The number of ether oxygens (including phenoxy) is 2. The SMILES string of the molecule is COc1ccc(-c2csc(NC(=O)c3ccc(-c4nnc(-c5cccc(C)c5)o4)cc3)n2)cc1OC. The number of hydrogen-bond donors (Lipinski definition) is 1. The van der Waals surface area contributed by atoms with E-state index in [0.29, 0.717) is 34.0 Å². The molecule has 1 N–H and O–H groups in total. The summed E-state index contributed by atoms with van der Waals surface area (Å²) in [5, 5.41) is 13.5. The highest BCUT2D eigenvalue weighted by molar-refractivity contribution is 7.14. The average Bonchev–Trinajstić information content (AvgIpc) is 3.59. The predicted octanol–water partition coefficient (Wildman–Crippen LogP) is 6.11. The summed E-state index contributed by atoms with van der Waals surface area (Å²) in [4.78, 5) is 17.3. The van der Waals surface area contributed by atoms with E-state index in [1.165, 1.54) is 11.3 Å². The molecule has 8 nitrogen and oxygen atoms in total. The smallest absolute Gasteiger partial charge is 0.257 e. The van der Waals surface area contributed by atoms with Gasteiger partial charge < -0.3 is 13.9 Å². The van der Waals surface area contributed by atoms with Crippen LogP contribution in [0.4, 0.5) is 5.13 Å². The standard InChI is InChI=1S/C27H22N4O4S/c1-16-5-4-6-20(13-16)26-31-30-25(35-26)18-9-7-17(8-10-18)24(32)29-27-28-21(15-36-27)19-11-12-22(33-2)23(14-19)34-3/h4-15H,1-3H3,(H,28,29,32). The maximum Gasteiger partial charge on any atom is 0.257 e. The van der Waals surface area contributed by atoms with Crippen LogP contribution in [-0.4, -0.2) is 35.3 Å². The number of methoxy groups -OCH3 is 2. The highest BCUT2D eigenvalue weighted by atomic mass is 32.1. The number of benzene rings is 3. The van der Waals surface area contributed by atoms with E-state index < -0.39 is 0 Å². The predicted molar refractivity (Wildman–Crippen MR) is 139 cm³/mol. The quantitative estimate of drug-likeness (QED) is 0.289. The summed E-state index contributed by atoms with van der Waals surface area (Å²) in [7, 11) is 3.17. The third kappa shape index (κ3) is 4.82. The largest absolute Gasteiger partial charge is 0.493 e. The van der Waals surface area contributed by atoms with E-state index in [0.717, 1.165) is 27.9 Å². The molecular formula is C27H22N4O4S. The number of carbonyl (C=O) groups excluding carboxylic acids is 1. The summed E-state index contributed by atoms with van der Waals surface area (Å²) in [6.07, 6.45) is 0. The molecule has 5 rings (SSSR count). The fourth-order valence-electron chi connectivity index (χ4n) is 3.63. The number of aryl methyl sites for hydroxylation is 1. The maximum atomic E-state index is 12.8. The normalized spacial score (nSPS) is 10.8. The Hall–Kier alpha value is -4.50. The van der Waals surface area contributed by atoms with Gasteiger partial charge in [0, 0.05) is 27.6 Å². The van der Waals surface area contributed by atoms with Gasteiger partial charge in [0.25, 0.3) is 5.91 Å². The second kappa shape index (κ2) is 10.0. The molecule has 0 radical (unpaired) electrons. The molecule has 0 aliphatic carbocycles. The highest BCUT2D eigenvalue weighted by Gasteiger charge is 2.14. The van der Waals surface area contributed by atoms with Crippen LogP contribution in [0.15, 0.2) is 76.5 Å². The van der Waals surface area contributed by atoms with Gasteiger partial charge in [-0.05, 0) is 61.5 Å².